The van der Waals surface area contributed by atoms with E-state index in [0.717, 1.165) is 37.3 Å². The van der Waals surface area contributed by atoms with E-state index in [9.17, 15) is 4.79 Å². The molecule has 1 aliphatic heterocycles. The minimum Gasteiger partial charge on any atom is -0.354 e. The Bertz CT molecular complexity index is 694. The predicted molar refractivity (Wildman–Crippen MR) is 106 cm³/mol. The maximum absolute atomic E-state index is 12.2. The maximum atomic E-state index is 12.2. The van der Waals surface area contributed by atoms with Crippen LogP contribution in [0.3, 0.4) is 0 Å². The molecule has 0 radical (unpaired) electrons. The predicted octanol–water partition coefficient (Wildman–Crippen LogP) is 3.82. The third-order valence-electron chi connectivity index (χ3n) is 4.66. The smallest absolute Gasteiger partial charge is 0.320 e. The van der Waals surface area contributed by atoms with Gasteiger partial charge in [-0.2, -0.15) is 0 Å². The van der Waals surface area contributed by atoms with Crippen LogP contribution in [0, 0.1) is 0 Å². The number of urea groups is 1. The van der Waals surface area contributed by atoms with E-state index in [0.29, 0.717) is 11.9 Å². The summed E-state index contributed by atoms with van der Waals surface area (Å²) in [5, 5.41) is 9.13. The van der Waals surface area contributed by atoms with Gasteiger partial charge in [0.1, 0.15) is 5.82 Å². The van der Waals surface area contributed by atoms with Crippen molar-refractivity contribution in [2.75, 3.05) is 23.7 Å². The molecule has 1 aliphatic rings. The van der Waals surface area contributed by atoms with Crippen LogP contribution in [-0.2, 0) is 0 Å². The van der Waals surface area contributed by atoms with Gasteiger partial charge in [0.2, 0.25) is 0 Å². The number of nitrogens with one attached hydrogen (secondary N) is 3. The zero-order valence-electron chi connectivity index (χ0n) is 15.4. The first-order valence-electron chi connectivity index (χ1n) is 9.20. The van der Waals surface area contributed by atoms with Gasteiger partial charge in [-0.3, -0.25) is 5.32 Å². The third-order valence-corrected chi connectivity index (χ3v) is 4.66. The molecule has 6 heteroatoms. The van der Waals surface area contributed by atoms with Gasteiger partial charge in [0, 0.05) is 30.9 Å². The van der Waals surface area contributed by atoms with Crippen LogP contribution in [0.4, 0.5) is 22.0 Å². The van der Waals surface area contributed by atoms with Crippen LogP contribution >= 0.6 is 0 Å². The molecule has 1 saturated heterocycles. The maximum Gasteiger partial charge on any atom is 0.320 e. The van der Waals surface area contributed by atoms with Crippen LogP contribution in [0.1, 0.15) is 26.7 Å². The highest BCUT2D eigenvalue weighted by atomic mass is 16.2. The Morgan fingerprint density at radius 2 is 1.81 bits per heavy atom. The van der Waals surface area contributed by atoms with Crippen LogP contribution < -0.4 is 16.0 Å². The average molecular weight is 353 g/mol. The number of likely N-dealkylation sites (tertiary alicyclic amines) is 1. The topological polar surface area (TPSA) is 69.3 Å². The van der Waals surface area contributed by atoms with Crippen LogP contribution in [-0.4, -0.2) is 41.1 Å². The number of piperidine rings is 1. The van der Waals surface area contributed by atoms with Crippen molar-refractivity contribution in [3.05, 3.63) is 48.7 Å². The van der Waals surface area contributed by atoms with E-state index >= 15 is 0 Å². The van der Waals surface area contributed by atoms with E-state index < -0.39 is 0 Å². The molecule has 0 bridgehead atoms. The van der Waals surface area contributed by atoms with Gasteiger partial charge in [0.15, 0.2) is 0 Å². The van der Waals surface area contributed by atoms with E-state index in [1.54, 1.807) is 12.3 Å². The SMILES string of the molecule is CC(C)N1CCC(NC(=O)Nc2ccc(Nc3ccccc3)cn2)CC1. The Morgan fingerprint density at radius 3 is 2.42 bits per heavy atom. The van der Waals surface area contributed by atoms with Gasteiger partial charge in [-0.1, -0.05) is 18.2 Å². The van der Waals surface area contributed by atoms with Gasteiger partial charge in [0.25, 0.3) is 0 Å². The summed E-state index contributed by atoms with van der Waals surface area (Å²) >= 11 is 0. The first-order chi connectivity index (χ1) is 12.6. The van der Waals surface area contributed by atoms with Gasteiger partial charge in [-0.15, -0.1) is 0 Å². The number of anilines is 3. The lowest BCUT2D eigenvalue weighted by molar-refractivity contribution is 0.163. The Morgan fingerprint density at radius 1 is 1.08 bits per heavy atom. The lowest BCUT2D eigenvalue weighted by atomic mass is 10.0. The monoisotopic (exact) mass is 353 g/mol. The molecule has 6 nitrogen and oxygen atoms in total. The molecule has 0 spiro atoms. The van der Waals surface area contributed by atoms with Crippen molar-refractivity contribution in [2.24, 2.45) is 0 Å². The lowest BCUT2D eigenvalue weighted by Gasteiger charge is -2.34. The van der Waals surface area contributed by atoms with Crippen molar-refractivity contribution in [3.63, 3.8) is 0 Å². The molecule has 3 N–H and O–H groups in total. The highest BCUT2D eigenvalue weighted by molar-refractivity contribution is 5.88. The van der Waals surface area contributed by atoms with Gasteiger partial charge in [-0.05, 0) is 51.0 Å². The highest BCUT2D eigenvalue weighted by Gasteiger charge is 2.22. The summed E-state index contributed by atoms with van der Waals surface area (Å²) in [5.74, 6) is 0.542. The van der Waals surface area contributed by atoms with Crippen molar-refractivity contribution < 1.29 is 4.79 Å². The van der Waals surface area contributed by atoms with Crippen LogP contribution in [0.25, 0.3) is 0 Å². The second kappa shape index (κ2) is 8.67. The fraction of sp³-hybridized carbons (Fsp3) is 0.400. The van der Waals surface area contributed by atoms with Gasteiger partial charge >= 0.3 is 6.03 Å². The molecular formula is C20H27N5O. The fourth-order valence-electron chi connectivity index (χ4n) is 3.13. The van der Waals surface area contributed by atoms with E-state index in [1.807, 2.05) is 36.4 Å². The number of carbonyl (C=O) groups is 1. The zero-order valence-corrected chi connectivity index (χ0v) is 15.4. The minimum absolute atomic E-state index is 0.190. The molecule has 3 rings (SSSR count). The molecule has 2 aromatic rings. The molecular weight excluding hydrogens is 326 g/mol. The van der Waals surface area contributed by atoms with Gasteiger partial charge in [-0.25, -0.2) is 9.78 Å². The summed E-state index contributed by atoms with van der Waals surface area (Å²) in [6.45, 7) is 6.48. The normalized spacial score (nSPS) is 15.7. The van der Waals surface area contributed by atoms with E-state index in [2.05, 4.69) is 39.7 Å². The molecule has 0 saturated carbocycles. The Kier molecular flexibility index (Phi) is 6.07. The number of hydrogen-bond donors (Lipinski definition) is 3. The summed E-state index contributed by atoms with van der Waals surface area (Å²) in [7, 11) is 0. The molecule has 138 valence electrons. The third kappa shape index (κ3) is 5.20. The van der Waals surface area contributed by atoms with Crippen molar-refractivity contribution >= 4 is 23.2 Å². The summed E-state index contributed by atoms with van der Waals surface area (Å²) in [6.07, 6.45) is 3.68. The molecule has 0 atom stereocenters. The fourth-order valence-corrected chi connectivity index (χ4v) is 3.13. The zero-order chi connectivity index (χ0) is 18.4. The largest absolute Gasteiger partial charge is 0.354 e. The molecule has 1 aromatic carbocycles. The standard InChI is InChI=1S/C20H27N5O/c1-15(2)25-12-10-17(11-13-25)23-20(26)24-19-9-8-18(14-21-19)22-16-6-4-3-5-7-16/h3-9,14-15,17,22H,10-13H2,1-2H3,(H2,21,23,24,26). The molecule has 2 amide bonds. The van der Waals surface area contributed by atoms with Crippen molar-refractivity contribution in [1.82, 2.24) is 15.2 Å². The number of carbonyl (C=O) groups excluding carboxylic acids is 1. The Labute approximate surface area is 155 Å². The number of hydrogen-bond acceptors (Lipinski definition) is 4. The Balaban J connectivity index is 1.46. The second-order valence-corrected chi connectivity index (χ2v) is 6.93. The molecule has 26 heavy (non-hydrogen) atoms. The van der Waals surface area contributed by atoms with Gasteiger partial charge in [0.05, 0.1) is 11.9 Å². The summed E-state index contributed by atoms with van der Waals surface area (Å²) < 4.78 is 0. The number of para-hydroxylation sites is 1. The number of benzene rings is 1. The number of pyridine rings is 1. The molecule has 1 aromatic heterocycles. The molecule has 0 unspecified atom stereocenters. The summed E-state index contributed by atoms with van der Waals surface area (Å²) in [4.78, 5) is 18.9. The van der Waals surface area contributed by atoms with Crippen LogP contribution in [0.2, 0.25) is 0 Å². The number of aromatic nitrogens is 1. The van der Waals surface area contributed by atoms with Crippen LogP contribution in [0.5, 0.6) is 0 Å². The lowest BCUT2D eigenvalue weighted by Crippen LogP contribution is -2.47. The summed E-state index contributed by atoms with van der Waals surface area (Å²) in [6, 6.07) is 14.2. The van der Waals surface area contributed by atoms with Crippen molar-refractivity contribution in [2.45, 2.75) is 38.8 Å². The van der Waals surface area contributed by atoms with Gasteiger partial charge < -0.3 is 15.5 Å². The van der Waals surface area contributed by atoms with Crippen LogP contribution in [0.15, 0.2) is 48.7 Å². The first kappa shape index (κ1) is 18.2. The molecule has 1 fully saturated rings. The average Bonchev–Trinajstić information content (AvgIpc) is 2.64. The van der Waals surface area contributed by atoms with Crippen molar-refractivity contribution in [1.29, 1.82) is 0 Å². The second-order valence-electron chi connectivity index (χ2n) is 6.93. The molecule has 0 aliphatic carbocycles. The number of nitrogens with zero attached hydrogens (tertiary/aromatic N) is 2. The summed E-state index contributed by atoms with van der Waals surface area (Å²) in [5.41, 5.74) is 1.88. The minimum atomic E-state index is -0.190. The van der Waals surface area contributed by atoms with E-state index in [-0.39, 0.29) is 12.1 Å². The van der Waals surface area contributed by atoms with E-state index in [4.69, 9.17) is 0 Å². The highest BCUT2D eigenvalue weighted by Crippen LogP contribution is 2.17. The first-order valence-corrected chi connectivity index (χ1v) is 9.20. The van der Waals surface area contributed by atoms with Crippen molar-refractivity contribution in [3.8, 4) is 0 Å². The number of amides is 2. The quantitative estimate of drug-likeness (QED) is 0.764. The van der Waals surface area contributed by atoms with E-state index in [1.165, 1.54) is 0 Å². The number of rotatable bonds is 5. The Hall–Kier alpha value is -2.60. The molecule has 2 heterocycles.